The number of ether oxygens (including phenoxy) is 2. The van der Waals surface area contributed by atoms with E-state index in [1.165, 1.54) is 6.92 Å². The molecule has 1 aliphatic rings. The van der Waals surface area contributed by atoms with Crippen molar-refractivity contribution in [2.75, 3.05) is 12.3 Å². The second kappa shape index (κ2) is 11.4. The first-order chi connectivity index (χ1) is 19.1. The first kappa shape index (κ1) is 27.8. The number of fused-ring (bicyclic) bond motifs is 2. The summed E-state index contributed by atoms with van der Waals surface area (Å²) in [6.07, 6.45) is 1.77. The third-order valence-corrected chi connectivity index (χ3v) is 7.91. The Kier molecular flexibility index (Phi) is 7.90. The number of nitrogens with zero attached hydrogens (tertiary/aromatic N) is 3. The lowest BCUT2D eigenvalue weighted by Crippen LogP contribution is -2.36. The van der Waals surface area contributed by atoms with Gasteiger partial charge in [-0.15, -0.1) is 0 Å². The van der Waals surface area contributed by atoms with E-state index in [0.29, 0.717) is 35.0 Å². The first-order valence-corrected chi connectivity index (χ1v) is 14.4. The molecule has 0 radical (unpaired) electrons. The van der Waals surface area contributed by atoms with E-state index in [0.717, 1.165) is 5.52 Å². The summed E-state index contributed by atoms with van der Waals surface area (Å²) in [7, 11) is -4.01. The van der Waals surface area contributed by atoms with Crippen LogP contribution < -0.4 is 20.9 Å². The summed E-state index contributed by atoms with van der Waals surface area (Å²) in [4.78, 5) is 35.8. The van der Waals surface area contributed by atoms with Crippen molar-refractivity contribution in [1.29, 1.82) is 0 Å². The highest BCUT2D eigenvalue weighted by Crippen LogP contribution is 2.46. The number of hydrogen-bond donors (Lipinski definition) is 3. The molecule has 1 fully saturated rings. The molecule has 4 atom stereocenters. The van der Waals surface area contributed by atoms with E-state index in [2.05, 4.69) is 20.0 Å². The predicted molar refractivity (Wildman–Crippen MR) is 148 cm³/mol. The minimum atomic E-state index is -4.01. The monoisotopic (exact) mass is 570 g/mol. The fourth-order valence-corrected chi connectivity index (χ4v) is 5.96. The number of H-pyrrole nitrogens is 1. The van der Waals surface area contributed by atoms with Gasteiger partial charge < -0.3 is 24.3 Å². The normalized spacial score (nSPS) is 19.6. The van der Waals surface area contributed by atoms with Crippen molar-refractivity contribution >= 4 is 41.6 Å². The Labute approximate surface area is 229 Å². The van der Waals surface area contributed by atoms with Crippen LogP contribution in [-0.4, -0.2) is 50.3 Å². The number of anilines is 1. The molecule has 4 N–H and O–H groups in total. The van der Waals surface area contributed by atoms with E-state index in [9.17, 15) is 14.2 Å². The standard InChI is InChI=1S/C26H31N6O7P/c1-15(2)37-25(34)16(3)31-40(35,39-17-7-5-4-6-8-17)36-13-18-9-10-23(38-18)32-14-28-21-11-19-20(12-22(21)32)29-26(27)30-24(19)33/h4-8,11-12,14-16,18,23H,9-10,13H2,1-3H3,(H,31,35)(H3,27,29,30,33). The average Bonchev–Trinajstić information content (AvgIpc) is 3.53. The van der Waals surface area contributed by atoms with Crippen LogP contribution in [0.15, 0.2) is 53.6 Å². The minimum Gasteiger partial charge on any atom is -0.462 e. The Morgan fingerprint density at radius 2 is 2.00 bits per heavy atom. The molecule has 14 heteroatoms. The van der Waals surface area contributed by atoms with Crippen LogP contribution in [0.5, 0.6) is 5.75 Å². The van der Waals surface area contributed by atoms with Crippen LogP contribution in [0.25, 0.3) is 21.9 Å². The maximum Gasteiger partial charge on any atom is 0.459 e. The van der Waals surface area contributed by atoms with E-state index in [4.69, 9.17) is 24.3 Å². The van der Waals surface area contributed by atoms with E-state index in [-0.39, 0.29) is 30.4 Å². The van der Waals surface area contributed by atoms with Crippen molar-refractivity contribution < 1.29 is 27.9 Å². The smallest absolute Gasteiger partial charge is 0.459 e. The minimum absolute atomic E-state index is 0.0276. The zero-order valence-corrected chi connectivity index (χ0v) is 23.2. The van der Waals surface area contributed by atoms with Gasteiger partial charge in [0.25, 0.3) is 5.56 Å². The molecule has 3 heterocycles. The number of imidazole rings is 1. The van der Waals surface area contributed by atoms with Crippen LogP contribution in [0.2, 0.25) is 0 Å². The van der Waals surface area contributed by atoms with Crippen molar-refractivity contribution in [2.24, 2.45) is 0 Å². The van der Waals surface area contributed by atoms with Crippen molar-refractivity contribution in [1.82, 2.24) is 24.6 Å². The number of aromatic amines is 1. The van der Waals surface area contributed by atoms with Gasteiger partial charge in [0.2, 0.25) is 5.95 Å². The number of rotatable bonds is 10. The van der Waals surface area contributed by atoms with E-state index < -0.39 is 25.9 Å². The number of carbonyl (C=O) groups is 1. The van der Waals surface area contributed by atoms with Gasteiger partial charge in [-0.1, -0.05) is 18.2 Å². The quantitative estimate of drug-likeness (QED) is 0.188. The van der Waals surface area contributed by atoms with Gasteiger partial charge in [-0.25, -0.2) is 14.5 Å². The highest BCUT2D eigenvalue weighted by molar-refractivity contribution is 7.52. The largest absolute Gasteiger partial charge is 0.462 e. The van der Waals surface area contributed by atoms with E-state index in [1.54, 1.807) is 62.6 Å². The van der Waals surface area contributed by atoms with Gasteiger partial charge in [0.15, 0.2) is 0 Å². The van der Waals surface area contributed by atoms with Gasteiger partial charge in [-0.3, -0.25) is 19.1 Å². The summed E-state index contributed by atoms with van der Waals surface area (Å²) < 4.78 is 38.5. The Balaban J connectivity index is 1.30. The Morgan fingerprint density at radius 3 is 2.75 bits per heavy atom. The summed E-state index contributed by atoms with van der Waals surface area (Å²) in [6, 6.07) is 11.0. The molecular weight excluding hydrogens is 539 g/mol. The van der Waals surface area contributed by atoms with E-state index >= 15 is 0 Å². The topological polar surface area (TPSA) is 173 Å². The second-order valence-corrected chi connectivity index (χ2v) is 11.5. The Hall–Kier alpha value is -3.77. The molecule has 1 aliphatic heterocycles. The number of nitrogens with two attached hydrogens (primary N) is 1. The molecule has 212 valence electrons. The molecule has 1 saturated heterocycles. The number of hydrogen-bond acceptors (Lipinski definition) is 10. The predicted octanol–water partition coefficient (Wildman–Crippen LogP) is 3.67. The Morgan fingerprint density at radius 1 is 1.23 bits per heavy atom. The van der Waals surface area contributed by atoms with E-state index in [1.807, 2.05) is 4.57 Å². The van der Waals surface area contributed by atoms with Gasteiger partial charge in [-0.05, 0) is 57.9 Å². The van der Waals surface area contributed by atoms with Crippen LogP contribution in [0.4, 0.5) is 5.95 Å². The number of benzene rings is 2. The lowest BCUT2D eigenvalue weighted by atomic mass is 10.2. The highest BCUT2D eigenvalue weighted by atomic mass is 31.2. The van der Waals surface area contributed by atoms with Crippen LogP contribution >= 0.6 is 7.75 Å². The summed E-state index contributed by atoms with van der Waals surface area (Å²) in [6.45, 7) is 4.93. The maximum absolute atomic E-state index is 13.7. The first-order valence-electron chi connectivity index (χ1n) is 12.9. The number of nitrogens with one attached hydrogen (secondary N) is 2. The van der Waals surface area contributed by atoms with Crippen molar-refractivity contribution in [2.45, 2.75) is 58.1 Å². The van der Waals surface area contributed by atoms with Gasteiger partial charge in [-0.2, -0.15) is 5.09 Å². The summed E-state index contributed by atoms with van der Waals surface area (Å²) in [5, 5.41) is 3.07. The SMILES string of the molecule is CC(C)OC(=O)C(C)NP(=O)(OCC1CCC(n2cnc3cc4c(=O)[nH]c(N)nc4cc32)O1)Oc1ccccc1. The average molecular weight is 571 g/mol. The molecule has 0 aliphatic carbocycles. The van der Waals surface area contributed by atoms with Gasteiger partial charge >= 0.3 is 13.7 Å². The highest BCUT2D eigenvalue weighted by Gasteiger charge is 2.35. The van der Waals surface area contributed by atoms with Gasteiger partial charge in [0.05, 0.1) is 47.1 Å². The lowest BCUT2D eigenvalue weighted by Gasteiger charge is -2.24. The zero-order chi connectivity index (χ0) is 28.4. The molecule has 0 saturated carbocycles. The molecule has 40 heavy (non-hydrogen) atoms. The fourth-order valence-electron chi connectivity index (χ4n) is 4.44. The molecule has 5 rings (SSSR count). The Bertz CT molecular complexity index is 1620. The van der Waals surface area contributed by atoms with Crippen LogP contribution in [0.3, 0.4) is 0 Å². The zero-order valence-electron chi connectivity index (χ0n) is 22.3. The lowest BCUT2D eigenvalue weighted by molar-refractivity contribution is -0.149. The molecule has 13 nitrogen and oxygen atoms in total. The van der Waals surface area contributed by atoms with Crippen LogP contribution in [0, 0.1) is 0 Å². The van der Waals surface area contributed by atoms with Crippen molar-refractivity contribution in [3.8, 4) is 5.75 Å². The molecule has 2 aromatic heterocycles. The van der Waals surface area contributed by atoms with Gasteiger partial charge in [0.1, 0.15) is 18.0 Å². The molecule has 0 spiro atoms. The number of esters is 1. The van der Waals surface area contributed by atoms with Crippen molar-refractivity contribution in [3.63, 3.8) is 0 Å². The summed E-state index contributed by atoms with van der Waals surface area (Å²) >= 11 is 0. The molecular formula is C26H31N6O7P. The molecule has 0 amide bonds. The number of aromatic nitrogens is 4. The van der Waals surface area contributed by atoms with Crippen molar-refractivity contribution in [3.05, 3.63) is 59.1 Å². The van der Waals surface area contributed by atoms with Crippen LogP contribution in [0.1, 0.15) is 39.8 Å². The molecule has 2 aromatic carbocycles. The third kappa shape index (κ3) is 6.18. The van der Waals surface area contributed by atoms with Gasteiger partial charge in [0, 0.05) is 0 Å². The number of nitrogen functional groups attached to an aromatic ring is 1. The second-order valence-electron chi connectivity index (χ2n) is 9.79. The fraction of sp³-hybridized carbons (Fsp3) is 0.385. The molecule has 4 aromatic rings. The van der Waals surface area contributed by atoms with Crippen LogP contribution in [-0.2, 0) is 23.4 Å². The molecule has 4 unspecified atom stereocenters. The number of para-hydroxylation sites is 1. The molecule has 0 bridgehead atoms. The summed E-state index contributed by atoms with van der Waals surface area (Å²) in [5.41, 5.74) is 7.17. The summed E-state index contributed by atoms with van der Waals surface area (Å²) in [5.74, 6) is -0.233. The number of carbonyl (C=O) groups excluding carboxylic acids is 1. The third-order valence-electron chi connectivity index (χ3n) is 6.27. The maximum atomic E-state index is 13.7.